The number of carbonyl (C=O) groups excluding carboxylic acids is 1. The molecule has 2 unspecified atom stereocenters. The molecule has 1 aromatic rings. The lowest BCUT2D eigenvalue weighted by atomic mass is 9.68. The highest BCUT2D eigenvalue weighted by Gasteiger charge is 2.45. The van der Waals surface area contributed by atoms with Crippen LogP contribution in [0.1, 0.15) is 62.0 Å². The minimum atomic E-state index is 0.0762. The van der Waals surface area contributed by atoms with Crippen LogP contribution in [0.5, 0.6) is 0 Å². The predicted molar refractivity (Wildman–Crippen MR) is 82.4 cm³/mol. The zero-order chi connectivity index (χ0) is 14.3. The fourth-order valence-electron chi connectivity index (χ4n) is 4.52. The van der Waals surface area contributed by atoms with Crippen molar-refractivity contribution in [2.24, 2.45) is 5.92 Å². The second kappa shape index (κ2) is 5.24. The number of hydrogen-bond donors (Lipinski definition) is 0. The number of aryl methyl sites for hydroxylation is 1. The van der Waals surface area contributed by atoms with E-state index in [1.54, 1.807) is 0 Å². The Morgan fingerprint density at radius 3 is 2.81 bits per heavy atom. The van der Waals surface area contributed by atoms with Crippen LogP contribution in [-0.4, -0.2) is 18.0 Å². The molecule has 0 bridgehead atoms. The van der Waals surface area contributed by atoms with Gasteiger partial charge in [-0.15, -0.1) is 0 Å². The number of rotatable bonds is 2. The third-order valence-electron chi connectivity index (χ3n) is 5.87. The van der Waals surface area contributed by atoms with Gasteiger partial charge in [-0.25, -0.2) is 0 Å². The summed E-state index contributed by atoms with van der Waals surface area (Å²) in [4.78, 5) is 13.1. The number of ether oxygens (including phenoxy) is 1. The topological polar surface area (TPSA) is 26.3 Å². The molecule has 1 aromatic carbocycles. The minimum absolute atomic E-state index is 0.0762. The Balaban J connectivity index is 1.55. The third kappa shape index (κ3) is 2.34. The van der Waals surface area contributed by atoms with Gasteiger partial charge in [0.15, 0.2) is 0 Å². The molecule has 0 aromatic heterocycles. The molecule has 112 valence electrons. The van der Waals surface area contributed by atoms with Gasteiger partial charge in [0.2, 0.25) is 0 Å². The van der Waals surface area contributed by atoms with Gasteiger partial charge in [-0.1, -0.05) is 24.3 Å². The maximum Gasteiger partial charge on any atom is 0.143 e. The number of ketones is 1. The summed E-state index contributed by atoms with van der Waals surface area (Å²) in [7, 11) is 0. The molecule has 4 rings (SSSR count). The average Bonchev–Trinajstić information content (AvgIpc) is 2.52. The summed E-state index contributed by atoms with van der Waals surface area (Å²) in [6.45, 7) is 0.783. The van der Waals surface area contributed by atoms with Crippen LogP contribution < -0.4 is 0 Å². The Morgan fingerprint density at radius 2 is 2.00 bits per heavy atom. The molecule has 1 aliphatic heterocycles. The molecule has 2 fully saturated rings. The summed E-state index contributed by atoms with van der Waals surface area (Å²) in [5.74, 6) is 0.877. The van der Waals surface area contributed by atoms with E-state index in [0.717, 1.165) is 51.6 Å². The van der Waals surface area contributed by atoms with Gasteiger partial charge in [-0.3, -0.25) is 4.79 Å². The van der Waals surface area contributed by atoms with Crippen molar-refractivity contribution in [3.05, 3.63) is 35.4 Å². The van der Waals surface area contributed by atoms with E-state index < -0.39 is 0 Å². The normalized spacial score (nSPS) is 30.5. The van der Waals surface area contributed by atoms with Crippen molar-refractivity contribution >= 4 is 5.78 Å². The van der Waals surface area contributed by atoms with E-state index in [4.69, 9.17) is 4.74 Å². The highest BCUT2D eigenvalue weighted by molar-refractivity contribution is 5.88. The van der Waals surface area contributed by atoms with Crippen LogP contribution in [0.4, 0.5) is 0 Å². The van der Waals surface area contributed by atoms with Crippen LogP contribution in [0, 0.1) is 5.92 Å². The summed E-state index contributed by atoms with van der Waals surface area (Å²) >= 11 is 0. The van der Waals surface area contributed by atoms with E-state index in [2.05, 4.69) is 24.3 Å². The maximum atomic E-state index is 13.1. The highest BCUT2D eigenvalue weighted by Crippen LogP contribution is 2.46. The van der Waals surface area contributed by atoms with Crippen molar-refractivity contribution in [2.75, 3.05) is 6.61 Å². The Bertz CT molecular complexity index is 544. The maximum absolute atomic E-state index is 13.1. The lowest BCUT2D eigenvalue weighted by Gasteiger charge is -2.47. The lowest BCUT2D eigenvalue weighted by Crippen LogP contribution is -2.47. The summed E-state index contributed by atoms with van der Waals surface area (Å²) in [5, 5.41) is 0. The fraction of sp³-hybridized carbons (Fsp3) is 0.632. The first-order valence-corrected chi connectivity index (χ1v) is 8.53. The second-order valence-electron chi connectivity index (χ2n) is 7.12. The van der Waals surface area contributed by atoms with Crippen LogP contribution in [-0.2, 0) is 16.0 Å². The number of benzene rings is 1. The Morgan fingerprint density at radius 1 is 1.14 bits per heavy atom. The quantitative estimate of drug-likeness (QED) is 0.819. The molecular formula is C19H24O2. The molecule has 3 aliphatic rings. The first kappa shape index (κ1) is 13.5. The van der Waals surface area contributed by atoms with E-state index in [-0.39, 0.29) is 17.4 Å². The van der Waals surface area contributed by atoms with E-state index >= 15 is 0 Å². The molecule has 2 aliphatic carbocycles. The zero-order valence-corrected chi connectivity index (χ0v) is 12.6. The van der Waals surface area contributed by atoms with Crippen LogP contribution in [0.2, 0.25) is 0 Å². The van der Waals surface area contributed by atoms with Gasteiger partial charge >= 0.3 is 0 Å². The first-order valence-electron chi connectivity index (χ1n) is 8.53. The average molecular weight is 284 g/mol. The number of hydrogen-bond acceptors (Lipinski definition) is 2. The van der Waals surface area contributed by atoms with Gasteiger partial charge in [-0.2, -0.15) is 0 Å². The molecule has 2 nitrogen and oxygen atoms in total. The van der Waals surface area contributed by atoms with Gasteiger partial charge in [0.1, 0.15) is 5.78 Å². The second-order valence-corrected chi connectivity index (χ2v) is 7.12. The van der Waals surface area contributed by atoms with Crippen molar-refractivity contribution in [3.8, 4) is 0 Å². The Kier molecular flexibility index (Phi) is 3.37. The summed E-state index contributed by atoms with van der Waals surface area (Å²) in [5.41, 5.74) is 2.78. The van der Waals surface area contributed by atoms with Crippen molar-refractivity contribution in [1.82, 2.24) is 0 Å². The largest absolute Gasteiger partial charge is 0.375 e. The molecule has 0 radical (unpaired) electrons. The number of Topliss-reactive ketones (excluding diaryl/α,β-unsaturated/α-hetero) is 1. The number of fused-ring (bicyclic) bond motifs is 1. The van der Waals surface area contributed by atoms with Crippen LogP contribution in [0.15, 0.2) is 24.3 Å². The van der Waals surface area contributed by atoms with Crippen molar-refractivity contribution in [2.45, 2.75) is 62.9 Å². The van der Waals surface area contributed by atoms with Crippen LogP contribution in [0.25, 0.3) is 0 Å². The Labute approximate surface area is 126 Å². The van der Waals surface area contributed by atoms with Gasteiger partial charge in [0.25, 0.3) is 0 Å². The molecule has 1 heterocycles. The third-order valence-corrected chi connectivity index (χ3v) is 5.87. The molecule has 21 heavy (non-hydrogen) atoms. The standard InChI is InChI=1S/C19H24O2/c20-18(15-9-12-21-19(13-15)10-4-11-19)17-8-3-6-14-5-1-2-7-16(14)17/h1-2,5,7,15,17H,3-4,6,8-13H2. The van der Waals surface area contributed by atoms with E-state index in [1.165, 1.54) is 17.5 Å². The van der Waals surface area contributed by atoms with Gasteiger partial charge in [-0.05, 0) is 62.5 Å². The summed E-state index contributed by atoms with van der Waals surface area (Å²) in [6, 6.07) is 8.56. The highest BCUT2D eigenvalue weighted by atomic mass is 16.5. The first-order chi connectivity index (χ1) is 10.3. The van der Waals surface area contributed by atoms with E-state index in [1.807, 2.05) is 0 Å². The lowest BCUT2D eigenvalue weighted by molar-refractivity contribution is -0.156. The van der Waals surface area contributed by atoms with Crippen molar-refractivity contribution in [1.29, 1.82) is 0 Å². The molecule has 1 saturated heterocycles. The Hall–Kier alpha value is -1.15. The van der Waals surface area contributed by atoms with Gasteiger partial charge in [0.05, 0.1) is 5.60 Å². The number of carbonyl (C=O) groups is 1. The molecule has 0 N–H and O–H groups in total. The molecular weight excluding hydrogens is 260 g/mol. The molecule has 1 saturated carbocycles. The molecule has 2 atom stereocenters. The summed E-state index contributed by atoms with van der Waals surface area (Å²) < 4.78 is 5.99. The minimum Gasteiger partial charge on any atom is -0.375 e. The van der Waals surface area contributed by atoms with Crippen molar-refractivity contribution in [3.63, 3.8) is 0 Å². The molecule has 0 amide bonds. The molecule has 1 spiro atoms. The predicted octanol–water partition coefficient (Wildman–Crippen LogP) is 4.02. The zero-order valence-electron chi connectivity index (χ0n) is 12.6. The van der Waals surface area contributed by atoms with Crippen molar-refractivity contribution < 1.29 is 9.53 Å². The van der Waals surface area contributed by atoms with Gasteiger partial charge < -0.3 is 4.74 Å². The fourth-order valence-corrected chi connectivity index (χ4v) is 4.52. The monoisotopic (exact) mass is 284 g/mol. The van der Waals surface area contributed by atoms with E-state index in [9.17, 15) is 4.79 Å². The molecule has 2 heteroatoms. The summed E-state index contributed by atoms with van der Waals surface area (Å²) in [6.07, 6.45) is 8.84. The smallest absolute Gasteiger partial charge is 0.143 e. The van der Waals surface area contributed by atoms with Crippen LogP contribution in [0.3, 0.4) is 0 Å². The van der Waals surface area contributed by atoms with Crippen LogP contribution >= 0.6 is 0 Å². The SMILES string of the molecule is O=C(C1CCOC2(CCC2)C1)C1CCCc2ccccc21. The van der Waals surface area contributed by atoms with Gasteiger partial charge in [0, 0.05) is 18.4 Å². The van der Waals surface area contributed by atoms with E-state index in [0.29, 0.717) is 5.78 Å².